The van der Waals surface area contributed by atoms with Crippen LogP contribution < -0.4 is 5.32 Å². The van der Waals surface area contributed by atoms with Gasteiger partial charge in [0.2, 0.25) is 5.91 Å². The number of nitrogens with zero attached hydrogens (tertiary/aromatic N) is 3. The predicted octanol–water partition coefficient (Wildman–Crippen LogP) is 2.88. The molecule has 0 radical (unpaired) electrons. The van der Waals surface area contributed by atoms with E-state index in [1.807, 2.05) is 46.8 Å². The number of amides is 2. The van der Waals surface area contributed by atoms with E-state index in [1.54, 1.807) is 0 Å². The summed E-state index contributed by atoms with van der Waals surface area (Å²) in [7, 11) is 0. The summed E-state index contributed by atoms with van der Waals surface area (Å²) in [5.74, 6) is 0.0818. The van der Waals surface area contributed by atoms with Crippen molar-refractivity contribution in [2.45, 2.75) is 57.9 Å². The van der Waals surface area contributed by atoms with E-state index in [9.17, 15) is 9.59 Å². The Kier molecular flexibility index (Phi) is 5.46. The van der Waals surface area contributed by atoms with Crippen LogP contribution in [0.4, 0.5) is 0 Å². The molecular weight excluding hydrogens is 352 g/mol. The molecule has 1 atom stereocenters. The van der Waals surface area contributed by atoms with Crippen LogP contribution in [0, 0.1) is 0 Å². The molecule has 1 N–H and O–H groups in total. The summed E-state index contributed by atoms with van der Waals surface area (Å²) in [4.78, 5) is 27.1. The van der Waals surface area contributed by atoms with Gasteiger partial charge in [0.15, 0.2) is 5.69 Å². The molecule has 28 heavy (non-hydrogen) atoms. The second kappa shape index (κ2) is 8.17. The van der Waals surface area contributed by atoms with E-state index in [0.29, 0.717) is 18.7 Å². The van der Waals surface area contributed by atoms with Gasteiger partial charge in [0, 0.05) is 36.8 Å². The maximum atomic E-state index is 13.3. The Morgan fingerprint density at radius 2 is 2.00 bits per heavy atom. The van der Waals surface area contributed by atoms with Crippen LogP contribution in [0.15, 0.2) is 30.3 Å². The van der Waals surface area contributed by atoms with Crippen LogP contribution in [-0.4, -0.2) is 45.6 Å². The maximum absolute atomic E-state index is 13.3. The van der Waals surface area contributed by atoms with Gasteiger partial charge in [-0.15, -0.1) is 0 Å². The Labute approximate surface area is 165 Å². The largest absolute Gasteiger partial charge is 0.352 e. The van der Waals surface area contributed by atoms with Crippen molar-refractivity contribution in [1.29, 1.82) is 0 Å². The monoisotopic (exact) mass is 380 g/mol. The van der Waals surface area contributed by atoms with Gasteiger partial charge in [-0.2, -0.15) is 5.10 Å². The summed E-state index contributed by atoms with van der Waals surface area (Å²) in [5, 5.41) is 7.81. The molecule has 0 saturated carbocycles. The standard InChI is InChI=1S/C22H28N4O2/c1-2-8-20(27)23-16-9-7-14-25(15-16)22(28)21-18-12-6-13-19(18)26(24-21)17-10-4-3-5-11-17/h3-5,10-11,16H,2,6-9,12-15H2,1H3,(H,23,27). The van der Waals surface area contributed by atoms with E-state index in [0.717, 1.165) is 56.3 Å². The molecule has 2 heterocycles. The van der Waals surface area contributed by atoms with Crippen molar-refractivity contribution < 1.29 is 9.59 Å². The van der Waals surface area contributed by atoms with Crippen LogP contribution in [-0.2, 0) is 17.6 Å². The Balaban J connectivity index is 1.54. The summed E-state index contributed by atoms with van der Waals surface area (Å²) in [6.45, 7) is 3.30. The highest BCUT2D eigenvalue weighted by Gasteiger charge is 2.32. The first-order valence-corrected chi connectivity index (χ1v) is 10.4. The molecule has 1 aromatic carbocycles. The number of rotatable bonds is 5. The van der Waals surface area contributed by atoms with Crippen molar-refractivity contribution in [3.63, 3.8) is 0 Å². The first-order valence-electron chi connectivity index (χ1n) is 10.4. The van der Waals surface area contributed by atoms with Crippen molar-refractivity contribution in [2.75, 3.05) is 13.1 Å². The highest BCUT2D eigenvalue weighted by atomic mass is 16.2. The van der Waals surface area contributed by atoms with Crippen LogP contribution in [0.3, 0.4) is 0 Å². The van der Waals surface area contributed by atoms with E-state index >= 15 is 0 Å². The van der Waals surface area contributed by atoms with Gasteiger partial charge in [0.05, 0.1) is 5.69 Å². The molecule has 2 aromatic rings. The molecule has 0 bridgehead atoms. The predicted molar refractivity (Wildman–Crippen MR) is 108 cm³/mol. The van der Waals surface area contributed by atoms with Gasteiger partial charge in [0.1, 0.15) is 0 Å². The minimum Gasteiger partial charge on any atom is -0.352 e. The number of para-hydroxylation sites is 1. The maximum Gasteiger partial charge on any atom is 0.274 e. The molecule has 0 spiro atoms. The Bertz CT molecular complexity index is 859. The molecule has 1 unspecified atom stereocenters. The summed E-state index contributed by atoms with van der Waals surface area (Å²) in [5.41, 5.74) is 3.87. The van der Waals surface area contributed by atoms with Crippen LogP contribution >= 0.6 is 0 Å². The molecule has 2 amide bonds. The number of hydrogen-bond donors (Lipinski definition) is 1. The van der Waals surface area contributed by atoms with Crippen LogP contribution in [0.2, 0.25) is 0 Å². The van der Waals surface area contributed by atoms with Gasteiger partial charge in [-0.3, -0.25) is 9.59 Å². The number of carbonyl (C=O) groups is 2. The van der Waals surface area contributed by atoms with Crippen LogP contribution in [0.1, 0.15) is 60.8 Å². The molecule has 6 nitrogen and oxygen atoms in total. The fraction of sp³-hybridized carbons (Fsp3) is 0.500. The number of likely N-dealkylation sites (tertiary alicyclic amines) is 1. The highest BCUT2D eigenvalue weighted by molar-refractivity contribution is 5.94. The Morgan fingerprint density at radius 1 is 1.18 bits per heavy atom. The smallest absolute Gasteiger partial charge is 0.274 e. The zero-order valence-electron chi connectivity index (χ0n) is 16.5. The third-order valence-corrected chi connectivity index (χ3v) is 5.68. The van der Waals surface area contributed by atoms with E-state index in [4.69, 9.17) is 5.10 Å². The van der Waals surface area contributed by atoms with Crippen molar-refractivity contribution in [2.24, 2.45) is 0 Å². The molecule has 1 aliphatic carbocycles. The normalized spacial score (nSPS) is 18.8. The summed E-state index contributed by atoms with van der Waals surface area (Å²) >= 11 is 0. The summed E-state index contributed by atoms with van der Waals surface area (Å²) in [6, 6.07) is 10.1. The molecule has 1 aromatic heterocycles. The number of piperidine rings is 1. The van der Waals surface area contributed by atoms with Gasteiger partial charge < -0.3 is 10.2 Å². The second-order valence-corrected chi connectivity index (χ2v) is 7.78. The lowest BCUT2D eigenvalue weighted by Gasteiger charge is -2.33. The van der Waals surface area contributed by atoms with Crippen molar-refractivity contribution >= 4 is 11.8 Å². The van der Waals surface area contributed by atoms with E-state index in [-0.39, 0.29) is 17.9 Å². The number of carbonyl (C=O) groups excluding carboxylic acids is 2. The molecule has 2 aliphatic rings. The van der Waals surface area contributed by atoms with Crippen molar-refractivity contribution in [3.05, 3.63) is 47.3 Å². The number of hydrogen-bond acceptors (Lipinski definition) is 3. The average molecular weight is 380 g/mol. The summed E-state index contributed by atoms with van der Waals surface area (Å²) < 4.78 is 1.94. The van der Waals surface area contributed by atoms with Gasteiger partial charge in [-0.05, 0) is 50.7 Å². The van der Waals surface area contributed by atoms with Gasteiger partial charge >= 0.3 is 0 Å². The summed E-state index contributed by atoms with van der Waals surface area (Å²) in [6.07, 6.45) is 6.15. The SMILES string of the molecule is CCCC(=O)NC1CCCN(C(=O)c2nn(-c3ccccc3)c3c2CCC3)C1. The van der Waals surface area contributed by atoms with Crippen LogP contribution in [0.25, 0.3) is 5.69 Å². The number of benzene rings is 1. The van der Waals surface area contributed by atoms with Crippen molar-refractivity contribution in [1.82, 2.24) is 20.0 Å². The third kappa shape index (κ3) is 3.68. The first kappa shape index (κ1) is 18.7. The molecule has 1 fully saturated rings. The number of fused-ring (bicyclic) bond motifs is 1. The molecule has 1 saturated heterocycles. The zero-order valence-corrected chi connectivity index (χ0v) is 16.5. The molecule has 6 heteroatoms. The topological polar surface area (TPSA) is 67.2 Å². The van der Waals surface area contributed by atoms with E-state index < -0.39 is 0 Å². The number of aromatic nitrogens is 2. The van der Waals surface area contributed by atoms with E-state index in [2.05, 4.69) is 5.32 Å². The highest BCUT2D eigenvalue weighted by Crippen LogP contribution is 2.29. The quantitative estimate of drug-likeness (QED) is 0.867. The van der Waals surface area contributed by atoms with E-state index in [1.165, 1.54) is 5.69 Å². The number of nitrogens with one attached hydrogen (secondary N) is 1. The fourth-order valence-electron chi connectivity index (χ4n) is 4.35. The molecule has 4 rings (SSSR count). The van der Waals surface area contributed by atoms with Crippen molar-refractivity contribution in [3.8, 4) is 5.69 Å². The van der Waals surface area contributed by atoms with Crippen LogP contribution in [0.5, 0.6) is 0 Å². The minimum atomic E-state index is 0.00210. The van der Waals surface area contributed by atoms with Gasteiger partial charge in [-0.1, -0.05) is 25.1 Å². The first-order chi connectivity index (χ1) is 13.7. The second-order valence-electron chi connectivity index (χ2n) is 7.78. The lowest BCUT2D eigenvalue weighted by Crippen LogP contribution is -2.49. The zero-order chi connectivity index (χ0) is 19.5. The Morgan fingerprint density at radius 3 is 2.79 bits per heavy atom. The third-order valence-electron chi connectivity index (χ3n) is 5.68. The van der Waals surface area contributed by atoms with Gasteiger partial charge in [0.25, 0.3) is 5.91 Å². The lowest BCUT2D eigenvalue weighted by molar-refractivity contribution is -0.122. The minimum absolute atomic E-state index is 0.00210. The fourth-order valence-corrected chi connectivity index (χ4v) is 4.35. The van der Waals surface area contributed by atoms with Gasteiger partial charge in [-0.25, -0.2) is 4.68 Å². The average Bonchev–Trinajstić information content (AvgIpc) is 3.31. The molecule has 1 aliphatic heterocycles. The molecule has 148 valence electrons. The lowest BCUT2D eigenvalue weighted by atomic mass is 10.0. The molecular formula is C22H28N4O2. The Hall–Kier alpha value is -2.63.